The first-order valence-corrected chi connectivity index (χ1v) is 7.83. The summed E-state index contributed by atoms with van der Waals surface area (Å²) in [5, 5.41) is 21.7. The van der Waals surface area contributed by atoms with Gasteiger partial charge in [0.2, 0.25) is 0 Å². The van der Waals surface area contributed by atoms with E-state index >= 15 is 0 Å². The van der Waals surface area contributed by atoms with Gasteiger partial charge in [-0.05, 0) is 26.0 Å². The molecule has 0 saturated carbocycles. The van der Waals surface area contributed by atoms with E-state index < -0.39 is 0 Å². The van der Waals surface area contributed by atoms with Crippen LogP contribution in [0.4, 0.5) is 0 Å². The zero-order valence-electron chi connectivity index (χ0n) is 13.4. The van der Waals surface area contributed by atoms with Gasteiger partial charge in [-0.2, -0.15) is 0 Å². The highest BCUT2D eigenvalue weighted by molar-refractivity contribution is 6.43. The van der Waals surface area contributed by atoms with E-state index in [-0.39, 0.29) is 30.3 Å². The number of phenolic OH excluding ortho intramolecular Hbond substituents is 1. The van der Waals surface area contributed by atoms with Crippen LogP contribution in [0.15, 0.2) is 51.4 Å². The highest BCUT2D eigenvalue weighted by Crippen LogP contribution is 2.25. The molecule has 0 aliphatic carbocycles. The van der Waals surface area contributed by atoms with Gasteiger partial charge in [-0.1, -0.05) is 23.7 Å². The number of para-hydroxylation sites is 1. The minimum absolute atomic E-state index is 0.0645. The lowest BCUT2D eigenvalue weighted by Gasteiger charge is -2.19. The molecule has 1 aromatic carbocycles. The third-order valence-electron chi connectivity index (χ3n) is 4.00. The summed E-state index contributed by atoms with van der Waals surface area (Å²) in [7, 11) is 0. The fraction of sp³-hybridized carbons (Fsp3) is 0.235. The summed E-state index contributed by atoms with van der Waals surface area (Å²) in [6, 6.07) is 6.40. The number of likely N-dealkylation sites (tertiary alicyclic amines) is 1. The first-order chi connectivity index (χ1) is 11.4. The van der Waals surface area contributed by atoms with Crippen molar-refractivity contribution < 1.29 is 9.90 Å². The van der Waals surface area contributed by atoms with E-state index in [1.54, 1.807) is 25.1 Å². The molecule has 0 unspecified atom stereocenters. The average molecular weight is 345 g/mol. The lowest BCUT2D eigenvalue weighted by molar-refractivity contribution is 0.0801. The number of allylic oxidation sites excluding steroid dienone is 2. The van der Waals surface area contributed by atoms with Crippen LogP contribution in [0.1, 0.15) is 24.2 Å². The van der Waals surface area contributed by atoms with Gasteiger partial charge in [0.1, 0.15) is 11.6 Å². The smallest absolute Gasteiger partial charge is 0.258 e. The molecule has 7 heteroatoms. The minimum atomic E-state index is -0.310. The Morgan fingerprint density at radius 3 is 2.71 bits per heavy atom. The Morgan fingerprint density at radius 2 is 2.04 bits per heavy atom. The maximum absolute atomic E-state index is 12.6. The van der Waals surface area contributed by atoms with E-state index in [9.17, 15) is 9.90 Å². The molecule has 2 aliphatic rings. The second-order valence-corrected chi connectivity index (χ2v) is 6.12. The number of amides is 1. The topological polar surface area (TPSA) is 88.8 Å². The molecule has 3 N–H and O–H groups in total. The number of phenols is 1. The number of aromatic hydroxyl groups is 1. The number of nitrogens with one attached hydrogen (secondary N) is 2. The van der Waals surface area contributed by atoms with Gasteiger partial charge >= 0.3 is 0 Å². The molecule has 0 spiro atoms. The van der Waals surface area contributed by atoms with Crippen LogP contribution in [0.25, 0.3) is 0 Å². The van der Waals surface area contributed by atoms with E-state index in [1.807, 2.05) is 6.92 Å². The number of rotatable bonds is 1. The Balaban J connectivity index is 1.89. The van der Waals surface area contributed by atoms with Crippen LogP contribution < -0.4 is 5.32 Å². The summed E-state index contributed by atoms with van der Waals surface area (Å²) in [6.07, 6.45) is 0. The normalized spacial score (nSPS) is 21.0. The molecule has 1 amide bonds. The summed E-state index contributed by atoms with van der Waals surface area (Å²) < 4.78 is 0. The lowest BCUT2D eigenvalue weighted by atomic mass is 10.1. The van der Waals surface area contributed by atoms with Gasteiger partial charge in [-0.15, -0.1) is 0 Å². The Kier molecular flexibility index (Phi) is 4.15. The first-order valence-electron chi connectivity index (χ1n) is 7.45. The molecule has 1 saturated heterocycles. The van der Waals surface area contributed by atoms with Crippen molar-refractivity contribution >= 4 is 28.9 Å². The van der Waals surface area contributed by atoms with Crippen LogP contribution in [0.2, 0.25) is 0 Å². The molecule has 24 heavy (non-hydrogen) atoms. The van der Waals surface area contributed by atoms with Crippen LogP contribution in [0.3, 0.4) is 0 Å². The largest absolute Gasteiger partial charge is 0.507 e. The molecule has 1 aromatic rings. The zero-order chi connectivity index (χ0) is 17.4. The van der Waals surface area contributed by atoms with E-state index in [0.717, 1.165) is 5.70 Å². The SMILES string of the molecule is CC1=N/C(=C2\CN(C(=O)c3ccccc3O)CC2=N)NC(C)=C1Cl. The van der Waals surface area contributed by atoms with E-state index in [2.05, 4.69) is 10.3 Å². The molecule has 3 rings (SSSR count). The van der Waals surface area contributed by atoms with Crippen LogP contribution in [-0.4, -0.2) is 40.4 Å². The Morgan fingerprint density at radius 1 is 1.33 bits per heavy atom. The Bertz CT molecular complexity index is 839. The fourth-order valence-corrected chi connectivity index (χ4v) is 2.80. The molecule has 2 aliphatic heterocycles. The van der Waals surface area contributed by atoms with Crippen LogP contribution >= 0.6 is 11.6 Å². The number of benzene rings is 1. The maximum atomic E-state index is 12.6. The van der Waals surface area contributed by atoms with E-state index in [1.165, 1.54) is 11.0 Å². The number of aliphatic imine (C=N–C) groups is 1. The predicted octanol–water partition coefficient (Wildman–Crippen LogP) is 2.61. The molecule has 6 nitrogen and oxygen atoms in total. The van der Waals surface area contributed by atoms with Crippen LogP contribution in [-0.2, 0) is 0 Å². The second kappa shape index (κ2) is 6.13. The third-order valence-corrected chi connectivity index (χ3v) is 4.56. The molecule has 0 bridgehead atoms. The van der Waals surface area contributed by atoms with Gasteiger partial charge in [0.15, 0.2) is 0 Å². The molecule has 0 radical (unpaired) electrons. The number of carbonyl (C=O) groups is 1. The zero-order valence-corrected chi connectivity index (χ0v) is 14.1. The maximum Gasteiger partial charge on any atom is 0.258 e. The first kappa shape index (κ1) is 16.3. The monoisotopic (exact) mass is 344 g/mol. The number of hydrogen-bond acceptors (Lipinski definition) is 5. The fourth-order valence-electron chi connectivity index (χ4n) is 2.71. The summed E-state index contributed by atoms with van der Waals surface area (Å²) in [5.74, 6) is 0.174. The van der Waals surface area contributed by atoms with Gasteiger partial charge in [-0.25, -0.2) is 4.99 Å². The van der Waals surface area contributed by atoms with Gasteiger partial charge in [-0.3, -0.25) is 4.79 Å². The van der Waals surface area contributed by atoms with Crippen molar-refractivity contribution in [3.63, 3.8) is 0 Å². The number of nitrogens with zero attached hydrogens (tertiary/aromatic N) is 2. The van der Waals surface area contributed by atoms with Crippen LogP contribution in [0.5, 0.6) is 5.75 Å². The highest BCUT2D eigenvalue weighted by atomic mass is 35.5. The van der Waals surface area contributed by atoms with E-state index in [4.69, 9.17) is 17.0 Å². The average Bonchev–Trinajstić information content (AvgIpc) is 2.94. The predicted molar refractivity (Wildman–Crippen MR) is 93.6 cm³/mol. The van der Waals surface area contributed by atoms with E-state index in [0.29, 0.717) is 27.8 Å². The number of halogens is 1. The van der Waals surface area contributed by atoms with Gasteiger partial charge in [0.25, 0.3) is 5.91 Å². The molecular formula is C17H17ClN4O2. The molecule has 1 fully saturated rings. The Labute approximate surface area is 144 Å². The number of carbonyl (C=O) groups excluding carboxylic acids is 1. The molecule has 2 heterocycles. The van der Waals surface area contributed by atoms with Crippen molar-refractivity contribution in [3.8, 4) is 5.75 Å². The summed E-state index contributed by atoms with van der Waals surface area (Å²) >= 11 is 6.12. The van der Waals surface area contributed by atoms with Gasteiger partial charge in [0, 0.05) is 11.3 Å². The van der Waals surface area contributed by atoms with Crippen molar-refractivity contribution in [2.75, 3.05) is 13.1 Å². The van der Waals surface area contributed by atoms with Crippen molar-refractivity contribution in [2.24, 2.45) is 4.99 Å². The minimum Gasteiger partial charge on any atom is -0.507 e. The summed E-state index contributed by atoms with van der Waals surface area (Å²) in [4.78, 5) is 18.5. The molecule has 124 valence electrons. The van der Waals surface area contributed by atoms with Crippen molar-refractivity contribution in [1.29, 1.82) is 5.41 Å². The van der Waals surface area contributed by atoms with Gasteiger partial charge in [0.05, 0.1) is 35.1 Å². The summed E-state index contributed by atoms with van der Waals surface area (Å²) in [6.45, 7) is 4.08. The molecular weight excluding hydrogens is 328 g/mol. The highest BCUT2D eigenvalue weighted by Gasteiger charge is 2.31. The lowest BCUT2D eigenvalue weighted by Crippen LogP contribution is -2.29. The Hall–Kier alpha value is -2.60. The third kappa shape index (κ3) is 2.80. The second-order valence-electron chi connectivity index (χ2n) is 5.75. The molecule has 0 atom stereocenters. The quantitative estimate of drug-likeness (QED) is 0.731. The van der Waals surface area contributed by atoms with Crippen molar-refractivity contribution in [3.05, 3.63) is 52.0 Å². The van der Waals surface area contributed by atoms with Crippen LogP contribution in [0, 0.1) is 5.41 Å². The van der Waals surface area contributed by atoms with Gasteiger partial charge < -0.3 is 20.7 Å². The van der Waals surface area contributed by atoms with Crippen molar-refractivity contribution in [2.45, 2.75) is 13.8 Å². The summed E-state index contributed by atoms with van der Waals surface area (Å²) in [5.41, 5.74) is 2.65. The number of hydrogen-bond donors (Lipinski definition) is 3. The van der Waals surface area contributed by atoms with Crippen molar-refractivity contribution in [1.82, 2.24) is 10.2 Å². The molecule has 0 aromatic heterocycles. The standard InChI is InChI=1S/C17H17ClN4O2/c1-9-15(18)10(2)21-16(20-9)12-7-22(8-13(12)19)17(24)11-5-3-4-6-14(11)23/h3-6,19-20,23H,7-8H2,1-2H3/b16-12+,19-13?.